The Morgan fingerprint density at radius 1 is 1.06 bits per heavy atom. The van der Waals surface area contributed by atoms with Gasteiger partial charge in [-0.2, -0.15) is 0 Å². The van der Waals surface area contributed by atoms with Crippen LogP contribution >= 0.6 is 0 Å². The Bertz CT molecular complexity index is 1670. The normalized spacial score (nSPS) is 23.3. The number of hydrogen-bond acceptors (Lipinski definition) is 10. The van der Waals surface area contributed by atoms with Crippen LogP contribution in [0, 0.1) is 5.92 Å². The van der Waals surface area contributed by atoms with Crippen molar-refractivity contribution in [1.29, 1.82) is 0 Å². The lowest BCUT2D eigenvalue weighted by atomic mass is 9.82. The van der Waals surface area contributed by atoms with E-state index in [1.54, 1.807) is 52.2 Å². The Morgan fingerprint density at radius 3 is 2.35 bits per heavy atom. The number of carbonyl (C=O) groups is 3. The largest absolute Gasteiger partial charge is 0.432 e. The van der Waals surface area contributed by atoms with Crippen LogP contribution in [0.5, 0.6) is 0 Å². The highest BCUT2D eigenvalue weighted by Gasteiger charge is 2.66. The Labute approximate surface area is 279 Å². The van der Waals surface area contributed by atoms with Crippen molar-refractivity contribution in [2.45, 2.75) is 89.3 Å². The van der Waals surface area contributed by atoms with Crippen molar-refractivity contribution in [3.05, 3.63) is 65.5 Å². The smallest absolute Gasteiger partial charge is 0.264 e. The average molecular weight is 681 g/mol. The highest BCUT2D eigenvalue weighted by molar-refractivity contribution is 6.71. The van der Waals surface area contributed by atoms with Gasteiger partial charge in [-0.3, -0.25) is 19.1 Å². The molecule has 15 heteroatoms. The zero-order chi connectivity index (χ0) is 35.0. The van der Waals surface area contributed by atoms with E-state index in [2.05, 4.69) is 20.9 Å². The zero-order valence-corrected chi connectivity index (χ0v) is 28.8. The number of aliphatic hydroxyl groups is 3. The van der Waals surface area contributed by atoms with Crippen molar-refractivity contribution in [3.63, 3.8) is 0 Å². The van der Waals surface area contributed by atoms with Gasteiger partial charge in [-0.1, -0.05) is 24.3 Å². The molecule has 6 N–H and O–H groups in total. The van der Waals surface area contributed by atoms with Crippen LogP contribution in [0.1, 0.15) is 44.0 Å². The molecule has 258 valence electrons. The molecule has 14 nitrogen and oxygen atoms in total. The van der Waals surface area contributed by atoms with Crippen molar-refractivity contribution < 1.29 is 39.2 Å². The number of aliphatic hydroxyl groups excluding tert-OH is 3. The summed E-state index contributed by atoms with van der Waals surface area (Å²) in [4.78, 5) is 52.6. The SMILES string of the molecule is C[C@H](O)C(=O)Nc1cccc(CN2C(=O)[C@@]3(O[C@@H](CCn4cc(CCO)nn4)[C@H]([Si](C)(C)O)[C@H]3C)c3cc(NC(=O)[C@H](C)O)ccc32)c1. The van der Waals surface area contributed by atoms with Gasteiger partial charge in [0.1, 0.15) is 12.2 Å². The molecule has 3 aromatic rings. The van der Waals surface area contributed by atoms with Crippen molar-refractivity contribution in [1.82, 2.24) is 15.0 Å². The van der Waals surface area contributed by atoms with Gasteiger partial charge in [-0.25, -0.2) is 0 Å². The van der Waals surface area contributed by atoms with Gasteiger partial charge in [0.2, 0.25) is 0 Å². The number of aromatic nitrogens is 3. The number of aryl methyl sites for hydroxylation is 1. The highest BCUT2D eigenvalue weighted by Crippen LogP contribution is 2.60. The monoisotopic (exact) mass is 680 g/mol. The number of benzene rings is 2. The number of nitrogens with one attached hydrogen (secondary N) is 2. The molecule has 6 atom stereocenters. The Kier molecular flexibility index (Phi) is 10.2. The van der Waals surface area contributed by atoms with Crippen molar-refractivity contribution in [2.75, 3.05) is 22.1 Å². The lowest BCUT2D eigenvalue weighted by Gasteiger charge is -2.32. The van der Waals surface area contributed by atoms with E-state index in [-0.39, 0.29) is 24.6 Å². The minimum absolute atomic E-state index is 0.0463. The predicted molar refractivity (Wildman–Crippen MR) is 179 cm³/mol. The minimum atomic E-state index is -2.96. The third-order valence-corrected chi connectivity index (χ3v) is 11.6. The number of rotatable bonds is 12. The van der Waals surface area contributed by atoms with Crippen LogP contribution in [0.15, 0.2) is 48.7 Å². The first-order chi connectivity index (χ1) is 22.6. The van der Waals surface area contributed by atoms with E-state index >= 15 is 0 Å². The number of carbonyl (C=O) groups excluding carboxylic acids is 3. The highest BCUT2D eigenvalue weighted by atomic mass is 28.4. The molecule has 48 heavy (non-hydrogen) atoms. The lowest BCUT2D eigenvalue weighted by molar-refractivity contribution is -0.146. The molecule has 1 saturated heterocycles. The topological polar surface area (TPSA) is 199 Å². The number of anilines is 3. The second kappa shape index (κ2) is 13.9. The van der Waals surface area contributed by atoms with Gasteiger partial charge in [0.05, 0.1) is 24.0 Å². The quantitative estimate of drug-likeness (QED) is 0.154. The van der Waals surface area contributed by atoms with Crippen LogP contribution in [0.2, 0.25) is 18.6 Å². The summed E-state index contributed by atoms with van der Waals surface area (Å²) in [6.07, 6.45) is -0.404. The fourth-order valence-corrected chi connectivity index (χ4v) is 9.54. The molecule has 1 aromatic heterocycles. The van der Waals surface area contributed by atoms with E-state index in [0.717, 1.165) is 0 Å². The van der Waals surface area contributed by atoms with E-state index in [1.807, 2.05) is 26.1 Å². The summed E-state index contributed by atoms with van der Waals surface area (Å²) in [6, 6.07) is 12.1. The zero-order valence-electron chi connectivity index (χ0n) is 27.8. The average Bonchev–Trinajstić information content (AvgIpc) is 3.66. The van der Waals surface area contributed by atoms with Crippen LogP contribution in [0.3, 0.4) is 0 Å². The molecule has 3 heterocycles. The van der Waals surface area contributed by atoms with E-state index in [9.17, 15) is 34.5 Å². The van der Waals surface area contributed by atoms with Gasteiger partial charge in [0, 0.05) is 54.2 Å². The Morgan fingerprint density at radius 2 is 1.73 bits per heavy atom. The van der Waals surface area contributed by atoms with Gasteiger partial charge < -0.3 is 40.4 Å². The third-order valence-electron chi connectivity index (χ3n) is 9.14. The molecular formula is C33H44N6O8Si. The Hall–Kier alpha value is -3.99. The summed E-state index contributed by atoms with van der Waals surface area (Å²) in [5.74, 6) is -1.95. The summed E-state index contributed by atoms with van der Waals surface area (Å²) in [5.41, 5.74) is 1.47. The first-order valence-corrected chi connectivity index (χ1v) is 19.1. The molecule has 0 radical (unpaired) electrons. The standard InChI is InChI=1S/C33H44N6O8Si/c1-19-29(48(4,5)46)28(11-13-38-18-25(12-14-40)36-37-38)47-33(19)26-16-24(35-31(44)21(3)42)9-10-27(26)39(32(33)45)17-22-7-6-8-23(15-22)34-30(43)20(2)41/h6-10,15-16,18-21,28-29,40-42,46H,11-14,17H2,1-5H3,(H,34,43)(H,35,44)/t19-,20+,21+,28+,29-,33+/m1/s1. The molecule has 2 aliphatic heterocycles. The molecule has 5 rings (SSSR count). The van der Waals surface area contributed by atoms with Gasteiger partial charge in [-0.05, 0) is 69.3 Å². The fourth-order valence-electron chi connectivity index (χ4n) is 6.94. The summed E-state index contributed by atoms with van der Waals surface area (Å²) in [7, 11) is -2.96. The Balaban J connectivity index is 1.53. The molecule has 0 bridgehead atoms. The van der Waals surface area contributed by atoms with Crippen LogP contribution in [-0.2, 0) is 44.2 Å². The van der Waals surface area contributed by atoms with Gasteiger partial charge >= 0.3 is 0 Å². The van der Waals surface area contributed by atoms with Crippen molar-refractivity contribution >= 4 is 43.1 Å². The first kappa shape index (κ1) is 35.3. The molecule has 0 aliphatic carbocycles. The number of hydrogen-bond donors (Lipinski definition) is 6. The maximum Gasteiger partial charge on any atom is 0.264 e. The first-order valence-electron chi connectivity index (χ1n) is 16.1. The lowest BCUT2D eigenvalue weighted by Crippen LogP contribution is -2.46. The molecule has 2 aliphatic rings. The minimum Gasteiger partial charge on any atom is -0.432 e. The van der Waals surface area contributed by atoms with Crippen LogP contribution in [0.4, 0.5) is 17.1 Å². The molecule has 0 unspecified atom stereocenters. The fraction of sp³-hybridized carbons (Fsp3) is 0.485. The van der Waals surface area contributed by atoms with Crippen molar-refractivity contribution in [3.8, 4) is 0 Å². The molecular weight excluding hydrogens is 636 g/mol. The van der Waals surface area contributed by atoms with E-state index in [0.29, 0.717) is 53.3 Å². The third kappa shape index (κ3) is 6.92. The maximum atomic E-state index is 14.8. The molecule has 0 saturated carbocycles. The van der Waals surface area contributed by atoms with Crippen LogP contribution < -0.4 is 15.5 Å². The number of amides is 3. The van der Waals surface area contributed by atoms with E-state index in [4.69, 9.17) is 4.74 Å². The number of fused-ring (bicyclic) bond motifs is 2. The molecule has 1 fully saturated rings. The van der Waals surface area contributed by atoms with Gasteiger partial charge in [-0.15, -0.1) is 5.10 Å². The predicted octanol–water partition coefficient (Wildman–Crippen LogP) is 1.89. The van der Waals surface area contributed by atoms with Crippen LogP contribution in [-0.4, -0.2) is 86.1 Å². The van der Waals surface area contributed by atoms with E-state index < -0.39 is 50.0 Å². The summed E-state index contributed by atoms with van der Waals surface area (Å²) >= 11 is 0. The maximum absolute atomic E-state index is 14.8. The number of ether oxygens (including phenoxy) is 1. The summed E-state index contributed by atoms with van der Waals surface area (Å²) < 4.78 is 8.55. The summed E-state index contributed by atoms with van der Waals surface area (Å²) in [6.45, 7) is 8.82. The molecule has 3 amide bonds. The number of nitrogens with zero attached hydrogens (tertiary/aromatic N) is 4. The molecule has 2 aromatic carbocycles. The van der Waals surface area contributed by atoms with Crippen LogP contribution in [0.25, 0.3) is 0 Å². The second-order valence-corrected chi connectivity index (χ2v) is 17.2. The van der Waals surface area contributed by atoms with Gasteiger partial charge in [0.25, 0.3) is 17.7 Å². The van der Waals surface area contributed by atoms with Gasteiger partial charge in [0.15, 0.2) is 13.9 Å². The summed E-state index contributed by atoms with van der Waals surface area (Å²) in [5, 5.41) is 42.4. The van der Waals surface area contributed by atoms with E-state index in [1.165, 1.54) is 13.8 Å². The van der Waals surface area contributed by atoms with Crippen molar-refractivity contribution in [2.24, 2.45) is 5.92 Å². The molecule has 1 spiro atoms. The second-order valence-electron chi connectivity index (χ2n) is 13.2.